The normalized spacial score (nSPS) is 27.0. The fourth-order valence-electron chi connectivity index (χ4n) is 5.74. The Bertz CT molecular complexity index is 1110. The molecule has 0 radical (unpaired) electrons. The minimum Gasteiger partial charge on any atom is -0.490 e. The summed E-state index contributed by atoms with van der Waals surface area (Å²) in [4.78, 5) is 26.8. The van der Waals surface area contributed by atoms with Gasteiger partial charge in [0.1, 0.15) is 5.60 Å². The van der Waals surface area contributed by atoms with Crippen LogP contribution in [0.4, 0.5) is 0 Å². The minimum atomic E-state index is -1.04. The van der Waals surface area contributed by atoms with Gasteiger partial charge in [-0.3, -0.25) is 4.79 Å². The van der Waals surface area contributed by atoms with E-state index in [1.54, 1.807) is 12.1 Å². The number of carboxylic acids is 1. The number of carboxylic acid groups (broad SMARTS) is 1. The van der Waals surface area contributed by atoms with Crippen LogP contribution in [-0.4, -0.2) is 52.8 Å². The molecule has 3 heterocycles. The quantitative estimate of drug-likeness (QED) is 0.704. The molecule has 0 bridgehead atoms. The molecule has 1 N–H and O–H groups in total. The standard InChI is InChI=1S/C27H31NO6/c1-4-32-22-11-6-10-18-23-19(27(2,3)34-24(18)22)15-20-21(33-23)12-7-13-28(20)25(29)16-8-5-9-17(14-16)26(30)31/h5-6,8-11,14,19-21,23H,4,7,12-13,15H2,1-3H3,(H,30,31)/t19-,20-,21-,23+/m1/s1. The summed E-state index contributed by atoms with van der Waals surface area (Å²) in [6.45, 7) is 7.29. The van der Waals surface area contributed by atoms with Gasteiger partial charge >= 0.3 is 5.97 Å². The van der Waals surface area contributed by atoms with Gasteiger partial charge in [-0.1, -0.05) is 18.2 Å². The predicted octanol–water partition coefficient (Wildman–Crippen LogP) is 4.71. The van der Waals surface area contributed by atoms with Crippen molar-refractivity contribution < 1.29 is 28.9 Å². The van der Waals surface area contributed by atoms with Crippen molar-refractivity contribution in [2.75, 3.05) is 13.2 Å². The van der Waals surface area contributed by atoms with Crippen LogP contribution in [0.2, 0.25) is 0 Å². The first kappa shape index (κ1) is 22.7. The largest absolute Gasteiger partial charge is 0.490 e. The van der Waals surface area contributed by atoms with Gasteiger partial charge in [-0.05, 0) is 64.3 Å². The molecule has 0 spiro atoms. The summed E-state index contributed by atoms with van der Waals surface area (Å²) < 4.78 is 19.1. The number of carbonyl (C=O) groups is 2. The summed E-state index contributed by atoms with van der Waals surface area (Å²) in [5, 5.41) is 9.34. The second kappa shape index (κ2) is 8.62. The summed E-state index contributed by atoms with van der Waals surface area (Å²) in [6, 6.07) is 12.1. The molecule has 7 nitrogen and oxygen atoms in total. The number of benzene rings is 2. The van der Waals surface area contributed by atoms with Crippen LogP contribution >= 0.6 is 0 Å². The van der Waals surface area contributed by atoms with Crippen LogP contribution in [0.5, 0.6) is 11.5 Å². The van der Waals surface area contributed by atoms with E-state index in [1.807, 2.05) is 30.0 Å². The number of amides is 1. The molecule has 3 aliphatic heterocycles. The molecule has 2 fully saturated rings. The lowest BCUT2D eigenvalue weighted by Crippen LogP contribution is -2.60. The smallest absolute Gasteiger partial charge is 0.335 e. The fraction of sp³-hybridized carbons (Fsp3) is 0.481. The van der Waals surface area contributed by atoms with Gasteiger partial charge in [0.15, 0.2) is 11.5 Å². The molecule has 34 heavy (non-hydrogen) atoms. The summed E-state index contributed by atoms with van der Waals surface area (Å²) in [7, 11) is 0. The highest BCUT2D eigenvalue weighted by atomic mass is 16.5. The molecule has 180 valence electrons. The number of hydrogen-bond acceptors (Lipinski definition) is 5. The molecule has 4 atom stereocenters. The van der Waals surface area contributed by atoms with Crippen molar-refractivity contribution in [3.63, 3.8) is 0 Å². The van der Waals surface area contributed by atoms with Gasteiger partial charge in [0.25, 0.3) is 5.91 Å². The zero-order valence-corrected chi connectivity index (χ0v) is 19.8. The Kier molecular flexibility index (Phi) is 5.76. The van der Waals surface area contributed by atoms with E-state index in [2.05, 4.69) is 13.8 Å². The lowest BCUT2D eigenvalue weighted by molar-refractivity contribution is -0.184. The monoisotopic (exact) mass is 465 g/mol. The summed E-state index contributed by atoms with van der Waals surface area (Å²) in [5.41, 5.74) is 1.01. The fourth-order valence-corrected chi connectivity index (χ4v) is 5.74. The van der Waals surface area contributed by atoms with E-state index in [9.17, 15) is 14.7 Å². The molecule has 0 unspecified atom stereocenters. The Morgan fingerprint density at radius 3 is 2.71 bits per heavy atom. The number of fused-ring (bicyclic) bond motifs is 4. The molecule has 0 aromatic heterocycles. The summed E-state index contributed by atoms with van der Waals surface area (Å²) >= 11 is 0. The molecular weight excluding hydrogens is 434 g/mol. The summed E-state index contributed by atoms with van der Waals surface area (Å²) in [6.07, 6.45) is 2.26. The molecule has 0 saturated carbocycles. The first-order chi connectivity index (χ1) is 16.3. The van der Waals surface area contributed by atoms with E-state index < -0.39 is 11.6 Å². The van der Waals surface area contributed by atoms with Crippen LogP contribution in [-0.2, 0) is 4.74 Å². The molecule has 3 aliphatic rings. The third kappa shape index (κ3) is 3.82. The van der Waals surface area contributed by atoms with E-state index in [1.165, 1.54) is 12.1 Å². The molecule has 2 aromatic rings. The molecule has 2 saturated heterocycles. The van der Waals surface area contributed by atoms with E-state index in [-0.39, 0.29) is 35.6 Å². The van der Waals surface area contributed by atoms with Crippen molar-refractivity contribution in [2.24, 2.45) is 5.92 Å². The number of carbonyl (C=O) groups excluding carboxylic acids is 1. The van der Waals surface area contributed by atoms with Gasteiger partial charge < -0.3 is 24.2 Å². The third-order valence-electron chi connectivity index (χ3n) is 7.39. The first-order valence-electron chi connectivity index (χ1n) is 12.0. The number of piperidine rings is 1. The molecule has 2 aromatic carbocycles. The first-order valence-corrected chi connectivity index (χ1v) is 12.0. The Morgan fingerprint density at radius 2 is 1.94 bits per heavy atom. The van der Waals surface area contributed by atoms with Crippen molar-refractivity contribution >= 4 is 11.9 Å². The molecule has 0 aliphatic carbocycles. The van der Waals surface area contributed by atoms with Crippen LogP contribution in [0.15, 0.2) is 42.5 Å². The maximum Gasteiger partial charge on any atom is 0.335 e. The van der Waals surface area contributed by atoms with Crippen molar-refractivity contribution in [3.8, 4) is 11.5 Å². The molecule has 7 heteroatoms. The van der Waals surface area contributed by atoms with Crippen molar-refractivity contribution in [3.05, 3.63) is 59.2 Å². The number of nitrogens with zero attached hydrogens (tertiary/aromatic N) is 1. The molecular formula is C27H31NO6. The number of rotatable bonds is 4. The number of likely N-dealkylation sites (tertiary alicyclic amines) is 1. The molecule has 1 amide bonds. The number of hydrogen-bond donors (Lipinski definition) is 1. The number of para-hydroxylation sites is 1. The van der Waals surface area contributed by atoms with Crippen LogP contribution < -0.4 is 9.47 Å². The topological polar surface area (TPSA) is 85.3 Å². The SMILES string of the molecule is CCOc1cccc2c1OC(C)(C)[C@@H]1C[C@@H]3[C@@H](CCCN3C(=O)c3cccc(C(=O)O)c3)O[C@@H]21. The van der Waals surface area contributed by atoms with Gasteiger partial charge in [0.2, 0.25) is 0 Å². The van der Waals surface area contributed by atoms with E-state index >= 15 is 0 Å². The average molecular weight is 466 g/mol. The second-order valence-electron chi connectivity index (χ2n) is 9.84. The van der Waals surface area contributed by atoms with E-state index in [0.717, 1.165) is 36.3 Å². The maximum absolute atomic E-state index is 13.5. The Morgan fingerprint density at radius 1 is 1.18 bits per heavy atom. The average Bonchev–Trinajstić information content (AvgIpc) is 2.83. The molecule has 5 rings (SSSR count). The minimum absolute atomic E-state index is 0.0527. The van der Waals surface area contributed by atoms with Gasteiger partial charge in [0.05, 0.1) is 30.4 Å². The third-order valence-corrected chi connectivity index (χ3v) is 7.39. The van der Waals surface area contributed by atoms with Crippen molar-refractivity contribution in [1.82, 2.24) is 4.90 Å². The highest BCUT2D eigenvalue weighted by Crippen LogP contribution is 2.54. The lowest BCUT2D eigenvalue weighted by atomic mass is 9.72. The van der Waals surface area contributed by atoms with Crippen molar-refractivity contribution in [2.45, 2.75) is 63.9 Å². The van der Waals surface area contributed by atoms with E-state index in [0.29, 0.717) is 18.7 Å². The van der Waals surface area contributed by atoms with Gasteiger partial charge in [-0.25, -0.2) is 4.79 Å². The Balaban J connectivity index is 1.46. The Labute approximate surface area is 199 Å². The Hall–Kier alpha value is -3.06. The van der Waals surface area contributed by atoms with Gasteiger partial charge in [-0.2, -0.15) is 0 Å². The zero-order valence-electron chi connectivity index (χ0n) is 19.8. The summed E-state index contributed by atoms with van der Waals surface area (Å²) in [5.74, 6) is 0.353. The van der Waals surface area contributed by atoms with Gasteiger partial charge in [0, 0.05) is 23.6 Å². The van der Waals surface area contributed by atoms with Crippen LogP contribution in [0, 0.1) is 5.92 Å². The van der Waals surface area contributed by atoms with Crippen LogP contribution in [0.1, 0.15) is 72.4 Å². The van der Waals surface area contributed by atoms with Crippen LogP contribution in [0.3, 0.4) is 0 Å². The predicted molar refractivity (Wildman–Crippen MR) is 125 cm³/mol. The van der Waals surface area contributed by atoms with Crippen molar-refractivity contribution in [1.29, 1.82) is 0 Å². The highest BCUT2D eigenvalue weighted by molar-refractivity contribution is 5.97. The highest BCUT2D eigenvalue weighted by Gasteiger charge is 2.53. The zero-order chi connectivity index (χ0) is 24.0. The van der Waals surface area contributed by atoms with E-state index in [4.69, 9.17) is 14.2 Å². The number of ether oxygens (including phenoxy) is 3. The van der Waals surface area contributed by atoms with Gasteiger partial charge in [-0.15, -0.1) is 0 Å². The van der Waals surface area contributed by atoms with Crippen LogP contribution in [0.25, 0.3) is 0 Å². The maximum atomic E-state index is 13.5. The second-order valence-corrected chi connectivity index (χ2v) is 9.84. The number of aromatic carboxylic acids is 1. The lowest BCUT2D eigenvalue weighted by Gasteiger charge is -2.54.